The van der Waals surface area contributed by atoms with Gasteiger partial charge in [0.05, 0.1) is 21.5 Å². The van der Waals surface area contributed by atoms with Crippen molar-refractivity contribution in [3.8, 4) is 83.5 Å². The fourth-order valence-corrected chi connectivity index (χ4v) is 24.2. The summed E-state index contributed by atoms with van der Waals surface area (Å²) >= 11 is 6.93. The van der Waals surface area contributed by atoms with E-state index >= 15 is 19.2 Å². The largest absolute Gasteiger partial charge is 0.274 e. The monoisotopic (exact) mass is 1590 g/mol. The number of hydrogen-bond donors (Lipinski definition) is 0. The molecule has 10 heteroatoms. The molecule has 0 radical (unpaired) electrons. The average molecular weight is 1600 g/mol. The summed E-state index contributed by atoms with van der Waals surface area (Å²) in [4.78, 5) is 70.6. The van der Waals surface area contributed by atoms with Crippen LogP contribution in [0.15, 0.2) is 165 Å². The molecule has 6 aromatic carbocycles. The molecule has 0 bridgehead atoms. The number of hydrogen-bond acceptors (Lipinski definition) is 8. The molecule has 0 spiro atoms. The molecular formula is C104H126N2O4S4. The predicted octanol–water partition coefficient (Wildman–Crippen LogP) is 31.6. The molecule has 0 fully saturated rings. The summed E-state index contributed by atoms with van der Waals surface area (Å²) in [5, 5.41) is 2.95. The normalized spacial score (nSPS) is 13.4. The first kappa shape index (κ1) is 83.2. The zero-order chi connectivity index (χ0) is 79.0. The topological polar surface area (TPSA) is 78.1 Å². The zero-order valence-electron chi connectivity index (χ0n) is 69.7. The minimum absolute atomic E-state index is 0.0298. The van der Waals surface area contributed by atoms with E-state index in [-0.39, 0.29) is 33.1 Å². The number of aromatic nitrogens is 2. The second-order valence-corrected chi connectivity index (χ2v) is 38.3. The first-order chi connectivity index (χ1) is 56.0. The molecule has 2 aliphatic rings. The second-order valence-electron chi connectivity index (χ2n) is 34.0. The number of unbranched alkanes of at least 4 members (excludes halogenated alkanes) is 30. The Labute approximate surface area is 696 Å². The maximum Gasteiger partial charge on any atom is 0.262 e. The van der Waals surface area contributed by atoms with E-state index in [1.807, 2.05) is 34.8 Å². The first-order valence-corrected chi connectivity index (χ1v) is 48.6. The molecule has 2 aliphatic carbocycles. The van der Waals surface area contributed by atoms with Gasteiger partial charge in [0.1, 0.15) is 0 Å². The van der Waals surface area contributed by atoms with Crippen LogP contribution in [0.3, 0.4) is 0 Å². The van der Waals surface area contributed by atoms with Crippen LogP contribution in [0.5, 0.6) is 0 Å². The summed E-state index contributed by atoms with van der Waals surface area (Å²) in [7, 11) is 0. The van der Waals surface area contributed by atoms with Crippen LogP contribution in [-0.2, 0) is 23.9 Å². The van der Waals surface area contributed by atoms with Crippen molar-refractivity contribution in [1.29, 1.82) is 0 Å². The van der Waals surface area contributed by atoms with Crippen LogP contribution in [0, 0.1) is 0 Å². The minimum atomic E-state index is -0.291. The van der Waals surface area contributed by atoms with E-state index in [4.69, 9.17) is 0 Å². The van der Waals surface area contributed by atoms with Crippen LogP contribution in [0.2, 0.25) is 0 Å². The Morgan fingerprint density at radius 2 is 0.518 bits per heavy atom. The van der Waals surface area contributed by atoms with E-state index in [0.29, 0.717) is 56.5 Å². The number of benzene rings is 6. The lowest BCUT2D eigenvalue weighted by Crippen LogP contribution is -2.25. The van der Waals surface area contributed by atoms with Crippen molar-refractivity contribution in [2.75, 3.05) is 0 Å². The highest BCUT2D eigenvalue weighted by atomic mass is 32.1. The van der Waals surface area contributed by atoms with Crippen molar-refractivity contribution >= 4 is 77.7 Å². The van der Waals surface area contributed by atoms with Crippen LogP contribution >= 0.6 is 45.3 Å². The molecule has 0 saturated heterocycles. The lowest BCUT2D eigenvalue weighted by atomic mass is 9.70. The fraction of sp³-hybridized carbons (Fsp3) is 0.481. The third-order valence-electron chi connectivity index (χ3n) is 26.1. The fourth-order valence-electron chi connectivity index (χ4n) is 19.9. The van der Waals surface area contributed by atoms with Gasteiger partial charge in [0, 0.05) is 74.1 Å². The van der Waals surface area contributed by atoms with Gasteiger partial charge in [-0.15, -0.1) is 45.3 Å². The SMILES string of the molecule is CCCCCCCCn1c(=O)c2cc3c(-c4ccc(-c5ccc(-c6ccc7c(c6)C(CCCCCCCC)(CCCCCCCC)c6ccccc6-7)s5)s4)c4c(=O)n(CCCCCCCC)c(=O)c4cc3c(-c3ccc(-c4ccc(-c5ccc6c(c5)C(CCCCCCCC)(CCCCCCCC)c5ccccc5-6)s4)s3)c2c1=O. The van der Waals surface area contributed by atoms with Gasteiger partial charge in [-0.2, -0.15) is 0 Å². The van der Waals surface area contributed by atoms with E-state index in [1.54, 1.807) is 22.7 Å². The molecular weight excluding hydrogens is 1470 g/mol. The van der Waals surface area contributed by atoms with E-state index in [1.165, 1.54) is 267 Å². The molecule has 12 aromatic rings. The van der Waals surface area contributed by atoms with Gasteiger partial charge in [-0.1, -0.05) is 333 Å². The number of fused-ring (bicyclic) bond motifs is 9. The number of thiophene rings is 4. The highest BCUT2D eigenvalue weighted by Gasteiger charge is 2.44. The molecule has 600 valence electrons. The van der Waals surface area contributed by atoms with Gasteiger partial charge >= 0.3 is 0 Å². The molecule has 14 rings (SSSR count). The third-order valence-corrected chi connectivity index (χ3v) is 31.0. The molecule has 0 aliphatic heterocycles. The molecule has 6 heterocycles. The molecule has 114 heavy (non-hydrogen) atoms. The highest BCUT2D eigenvalue weighted by Crippen LogP contribution is 2.58. The van der Waals surface area contributed by atoms with Crippen LogP contribution in [-0.4, -0.2) is 9.13 Å². The lowest BCUT2D eigenvalue weighted by Gasteiger charge is -2.33. The van der Waals surface area contributed by atoms with Crippen molar-refractivity contribution in [1.82, 2.24) is 9.13 Å². The maximum atomic E-state index is 15.6. The van der Waals surface area contributed by atoms with Gasteiger partial charge in [-0.3, -0.25) is 28.3 Å². The Kier molecular flexibility index (Phi) is 29.0. The molecule has 0 N–H and O–H groups in total. The van der Waals surface area contributed by atoms with Crippen LogP contribution in [0.25, 0.3) is 116 Å². The quantitative estimate of drug-likeness (QED) is 0.0356. The maximum absolute atomic E-state index is 15.6. The zero-order valence-corrected chi connectivity index (χ0v) is 73.0. The lowest BCUT2D eigenvalue weighted by molar-refractivity contribution is 0.398. The van der Waals surface area contributed by atoms with E-state index in [9.17, 15) is 0 Å². The second kappa shape index (κ2) is 39.7. The van der Waals surface area contributed by atoms with Crippen molar-refractivity contribution in [2.24, 2.45) is 0 Å². The molecule has 0 unspecified atom stereocenters. The van der Waals surface area contributed by atoms with Crippen LogP contribution in [0.4, 0.5) is 0 Å². The summed E-state index contributed by atoms with van der Waals surface area (Å²) in [5.41, 5.74) is 14.3. The predicted molar refractivity (Wildman–Crippen MR) is 498 cm³/mol. The highest BCUT2D eigenvalue weighted by molar-refractivity contribution is 7.26. The Hall–Kier alpha value is -7.34. The Morgan fingerprint density at radius 1 is 0.246 bits per heavy atom. The van der Waals surface area contributed by atoms with Crippen molar-refractivity contribution in [3.63, 3.8) is 0 Å². The van der Waals surface area contributed by atoms with Crippen LogP contribution < -0.4 is 22.2 Å². The van der Waals surface area contributed by atoms with Crippen molar-refractivity contribution in [2.45, 2.75) is 322 Å². The van der Waals surface area contributed by atoms with Gasteiger partial charge < -0.3 is 0 Å². The van der Waals surface area contributed by atoms with Gasteiger partial charge in [0.2, 0.25) is 0 Å². The van der Waals surface area contributed by atoms with E-state index in [0.717, 1.165) is 93.5 Å². The smallest absolute Gasteiger partial charge is 0.262 e. The summed E-state index contributed by atoms with van der Waals surface area (Å²) in [6.07, 6.45) is 47.7. The molecule has 0 saturated carbocycles. The Balaban J connectivity index is 0.859. The molecule has 6 aromatic heterocycles. The summed E-state index contributed by atoms with van der Waals surface area (Å²) in [6.45, 7) is 14.3. The van der Waals surface area contributed by atoms with E-state index in [2.05, 4.69) is 175 Å². The molecule has 0 atom stereocenters. The Bertz CT molecular complexity index is 5060. The standard InChI is InChI=1S/C104H126N2O4S4/c1-7-13-19-25-31-41-63-103(64-42-32-26-20-14-8-2)83-49-39-37-47-75(83)77-53-51-73(69-85(77)103)87-55-57-89(111-87)91-59-61-93(113-91)95-79-71-82-98(102(110)106(100(82)108)68-46-36-30-24-18-12-6)96(80(79)72-81-97(95)101(109)105(99(81)107)67-45-35-29-23-17-11-5)94-62-60-92(114-94)90-58-56-88(112-90)74-52-54-78-76-48-38-40-50-84(76)104(86(78)70-74,65-43-33-27-21-15-9-3)66-44-34-28-22-16-10-4/h37-40,47-62,69-72H,7-36,41-46,63-68H2,1-6H3. The summed E-state index contributed by atoms with van der Waals surface area (Å²) in [6, 6.07) is 55.0. The van der Waals surface area contributed by atoms with Crippen molar-refractivity contribution < 1.29 is 0 Å². The van der Waals surface area contributed by atoms with Gasteiger partial charge in [-0.25, -0.2) is 0 Å². The van der Waals surface area contributed by atoms with Crippen LogP contribution in [0.1, 0.15) is 321 Å². The van der Waals surface area contributed by atoms with Gasteiger partial charge in [0.15, 0.2) is 0 Å². The first-order valence-electron chi connectivity index (χ1n) is 45.3. The summed E-state index contributed by atoms with van der Waals surface area (Å²) in [5.74, 6) is 0. The third kappa shape index (κ3) is 17.6. The molecule has 0 amide bonds. The van der Waals surface area contributed by atoms with Gasteiger partial charge in [-0.05, 0) is 178 Å². The van der Waals surface area contributed by atoms with E-state index < -0.39 is 0 Å². The van der Waals surface area contributed by atoms with Gasteiger partial charge in [0.25, 0.3) is 22.2 Å². The van der Waals surface area contributed by atoms with Crippen molar-refractivity contribution in [3.05, 3.63) is 209 Å². The minimum Gasteiger partial charge on any atom is -0.274 e. The molecule has 6 nitrogen and oxygen atoms in total. The summed E-state index contributed by atoms with van der Waals surface area (Å²) < 4.78 is 2.99. The number of rotatable bonds is 48. The number of nitrogens with zero attached hydrogens (tertiary/aromatic N) is 2. The Morgan fingerprint density at radius 3 is 0.851 bits per heavy atom. The average Bonchev–Trinajstić information content (AvgIpc) is 1.57.